The minimum absolute atomic E-state index is 0.0253. The van der Waals surface area contributed by atoms with Crippen molar-refractivity contribution in [3.8, 4) is 5.69 Å². The lowest BCUT2D eigenvalue weighted by atomic mass is 9.70. The molecule has 5 rings (SSSR count). The third kappa shape index (κ3) is 3.42. The van der Waals surface area contributed by atoms with Crippen LogP contribution in [0, 0.1) is 0 Å². The Labute approximate surface area is 181 Å². The molecule has 1 saturated carbocycles. The molecule has 1 aromatic heterocycles. The fourth-order valence-electron chi connectivity index (χ4n) is 5.13. The van der Waals surface area contributed by atoms with Gasteiger partial charge in [-0.15, -0.1) is 0 Å². The van der Waals surface area contributed by atoms with Gasteiger partial charge in [-0.3, -0.25) is 9.59 Å². The molecular formula is C25H26N4O2. The first-order valence-electron chi connectivity index (χ1n) is 10.9. The Morgan fingerprint density at radius 3 is 2.55 bits per heavy atom. The number of fused-ring (bicyclic) bond motifs is 2. The van der Waals surface area contributed by atoms with Crippen LogP contribution in [0.1, 0.15) is 54.9 Å². The molecule has 0 saturated heterocycles. The monoisotopic (exact) mass is 414 g/mol. The summed E-state index contributed by atoms with van der Waals surface area (Å²) in [4.78, 5) is 27.4. The highest BCUT2D eigenvalue weighted by molar-refractivity contribution is 6.06. The second kappa shape index (κ2) is 7.69. The van der Waals surface area contributed by atoms with E-state index in [-0.39, 0.29) is 17.2 Å². The summed E-state index contributed by atoms with van der Waals surface area (Å²) >= 11 is 0. The van der Waals surface area contributed by atoms with Gasteiger partial charge in [-0.1, -0.05) is 31.4 Å². The molecule has 1 spiro atoms. The number of nitrogens with zero attached hydrogens (tertiary/aromatic N) is 3. The zero-order valence-electron chi connectivity index (χ0n) is 17.7. The fourth-order valence-corrected chi connectivity index (χ4v) is 5.13. The van der Waals surface area contributed by atoms with Crippen molar-refractivity contribution in [1.82, 2.24) is 9.78 Å². The predicted molar refractivity (Wildman–Crippen MR) is 121 cm³/mol. The molecule has 2 heterocycles. The minimum Gasteiger partial charge on any atom is -0.320 e. The molecule has 3 aromatic rings. The van der Waals surface area contributed by atoms with Crippen LogP contribution in [0.2, 0.25) is 0 Å². The molecule has 0 unspecified atom stereocenters. The van der Waals surface area contributed by atoms with E-state index in [1.165, 1.54) is 19.3 Å². The second-order valence-corrected chi connectivity index (χ2v) is 8.60. The third-order valence-corrected chi connectivity index (χ3v) is 6.68. The summed E-state index contributed by atoms with van der Waals surface area (Å²) in [5.41, 5.74) is 4.22. The van der Waals surface area contributed by atoms with Crippen molar-refractivity contribution in [1.29, 1.82) is 0 Å². The van der Waals surface area contributed by atoms with Crippen LogP contribution in [0.15, 0.2) is 60.9 Å². The number of hydrogen-bond acceptors (Lipinski definition) is 3. The summed E-state index contributed by atoms with van der Waals surface area (Å²) in [5.74, 6) is -0.0938. The number of carbonyl (C=O) groups is 2. The molecule has 1 aliphatic heterocycles. The Kier molecular flexibility index (Phi) is 4.85. The molecule has 0 atom stereocenters. The van der Waals surface area contributed by atoms with Crippen LogP contribution in [0.25, 0.3) is 5.69 Å². The Hall–Kier alpha value is -3.41. The van der Waals surface area contributed by atoms with Gasteiger partial charge in [0, 0.05) is 42.5 Å². The highest BCUT2D eigenvalue weighted by Gasteiger charge is 2.44. The second-order valence-electron chi connectivity index (χ2n) is 8.60. The van der Waals surface area contributed by atoms with Crippen molar-refractivity contribution in [2.24, 2.45) is 0 Å². The number of aromatic nitrogens is 2. The summed E-state index contributed by atoms with van der Waals surface area (Å²) in [5, 5.41) is 7.34. The smallest absolute Gasteiger partial charge is 0.255 e. The topological polar surface area (TPSA) is 67.2 Å². The van der Waals surface area contributed by atoms with Gasteiger partial charge in [0.25, 0.3) is 5.91 Å². The Morgan fingerprint density at radius 2 is 1.81 bits per heavy atom. The van der Waals surface area contributed by atoms with Gasteiger partial charge >= 0.3 is 0 Å². The number of carbonyl (C=O) groups excluding carboxylic acids is 2. The van der Waals surface area contributed by atoms with Crippen molar-refractivity contribution in [2.75, 3.05) is 16.8 Å². The minimum atomic E-state index is -0.158. The van der Waals surface area contributed by atoms with E-state index in [4.69, 9.17) is 0 Å². The van der Waals surface area contributed by atoms with Gasteiger partial charge in [0.1, 0.15) is 0 Å². The van der Waals surface area contributed by atoms with E-state index in [9.17, 15) is 9.59 Å². The maximum Gasteiger partial charge on any atom is 0.255 e. The van der Waals surface area contributed by atoms with Crippen molar-refractivity contribution < 1.29 is 9.59 Å². The summed E-state index contributed by atoms with van der Waals surface area (Å²) in [7, 11) is 0. The first-order valence-corrected chi connectivity index (χ1v) is 10.9. The van der Waals surface area contributed by atoms with E-state index in [0.717, 1.165) is 36.3 Å². The molecule has 6 heteroatoms. The number of amides is 2. The summed E-state index contributed by atoms with van der Waals surface area (Å²) in [6.07, 6.45) is 9.26. The fraction of sp³-hybridized carbons (Fsp3) is 0.320. The molecule has 1 N–H and O–H groups in total. The zero-order valence-corrected chi connectivity index (χ0v) is 17.7. The van der Waals surface area contributed by atoms with Crippen LogP contribution in [0.5, 0.6) is 0 Å². The first kappa shape index (κ1) is 19.5. The van der Waals surface area contributed by atoms with E-state index in [2.05, 4.69) is 10.4 Å². The molecule has 1 aliphatic carbocycles. The molecule has 1 fully saturated rings. The average molecular weight is 415 g/mol. The van der Waals surface area contributed by atoms with Gasteiger partial charge in [-0.2, -0.15) is 5.10 Å². The molecule has 0 radical (unpaired) electrons. The molecule has 2 aromatic carbocycles. The van der Waals surface area contributed by atoms with Crippen LogP contribution in [0.3, 0.4) is 0 Å². The Bertz CT molecular complexity index is 1130. The van der Waals surface area contributed by atoms with E-state index >= 15 is 0 Å². The van der Waals surface area contributed by atoms with Crippen LogP contribution in [-0.2, 0) is 10.2 Å². The van der Waals surface area contributed by atoms with Crippen LogP contribution in [-0.4, -0.2) is 28.1 Å². The number of anilines is 2. The average Bonchev–Trinajstić information content (AvgIpc) is 3.42. The van der Waals surface area contributed by atoms with Crippen molar-refractivity contribution >= 4 is 23.2 Å². The highest BCUT2D eigenvalue weighted by atomic mass is 16.2. The van der Waals surface area contributed by atoms with E-state index in [0.29, 0.717) is 11.3 Å². The number of para-hydroxylation sites is 2. The standard InChI is InChI=1S/C25H26N4O2/c1-18(30)28-17-25(12-5-2-6-13-25)20-16-19(10-11-22(20)28)24(31)27-21-8-3-4-9-23(21)29-15-7-14-26-29/h3-4,7-11,14-16H,2,5-6,12-13,17H2,1H3,(H,27,31). The van der Waals surface area contributed by atoms with Crippen LogP contribution < -0.4 is 10.2 Å². The molecule has 31 heavy (non-hydrogen) atoms. The zero-order chi connectivity index (χ0) is 21.4. The SMILES string of the molecule is CC(=O)N1CC2(CCCCC2)c2cc(C(=O)Nc3ccccc3-n3cccn3)ccc21. The van der Waals surface area contributed by atoms with Gasteiger partial charge in [0.15, 0.2) is 0 Å². The van der Waals surface area contributed by atoms with Gasteiger partial charge < -0.3 is 10.2 Å². The molecule has 6 nitrogen and oxygen atoms in total. The van der Waals surface area contributed by atoms with E-state index in [1.807, 2.05) is 59.6 Å². The van der Waals surface area contributed by atoms with Crippen LogP contribution in [0.4, 0.5) is 11.4 Å². The molecule has 2 aliphatic rings. The van der Waals surface area contributed by atoms with E-state index in [1.54, 1.807) is 17.8 Å². The Balaban J connectivity index is 1.48. The van der Waals surface area contributed by atoms with Crippen molar-refractivity contribution in [3.05, 3.63) is 72.1 Å². The normalized spacial score (nSPS) is 16.9. The van der Waals surface area contributed by atoms with Gasteiger partial charge in [0.2, 0.25) is 5.91 Å². The number of hydrogen-bond donors (Lipinski definition) is 1. The lowest BCUT2D eigenvalue weighted by molar-refractivity contribution is -0.116. The summed E-state index contributed by atoms with van der Waals surface area (Å²) < 4.78 is 1.74. The quantitative estimate of drug-likeness (QED) is 0.676. The summed E-state index contributed by atoms with van der Waals surface area (Å²) in [6.45, 7) is 2.35. The largest absolute Gasteiger partial charge is 0.320 e. The Morgan fingerprint density at radius 1 is 1.00 bits per heavy atom. The van der Waals surface area contributed by atoms with E-state index < -0.39 is 0 Å². The van der Waals surface area contributed by atoms with Gasteiger partial charge in [0.05, 0.1) is 11.4 Å². The third-order valence-electron chi connectivity index (χ3n) is 6.68. The van der Waals surface area contributed by atoms with Crippen molar-refractivity contribution in [2.45, 2.75) is 44.4 Å². The lowest BCUT2D eigenvalue weighted by Crippen LogP contribution is -2.37. The molecular weight excluding hydrogens is 388 g/mol. The lowest BCUT2D eigenvalue weighted by Gasteiger charge is -2.34. The predicted octanol–water partition coefficient (Wildman–Crippen LogP) is 4.69. The van der Waals surface area contributed by atoms with Gasteiger partial charge in [-0.25, -0.2) is 4.68 Å². The molecule has 0 bridgehead atoms. The van der Waals surface area contributed by atoms with Crippen molar-refractivity contribution in [3.63, 3.8) is 0 Å². The first-order chi connectivity index (χ1) is 15.1. The molecule has 158 valence electrons. The van der Waals surface area contributed by atoms with Crippen LogP contribution >= 0.6 is 0 Å². The number of nitrogens with one attached hydrogen (secondary N) is 1. The number of rotatable bonds is 3. The molecule has 2 amide bonds. The maximum atomic E-state index is 13.2. The number of benzene rings is 2. The van der Waals surface area contributed by atoms with Gasteiger partial charge in [-0.05, 0) is 54.8 Å². The summed E-state index contributed by atoms with van der Waals surface area (Å²) in [6, 6.07) is 15.2. The highest BCUT2D eigenvalue weighted by Crippen LogP contribution is 2.49. The maximum absolute atomic E-state index is 13.2.